The van der Waals surface area contributed by atoms with Crippen molar-refractivity contribution >= 4 is 5.91 Å². The maximum atomic E-state index is 13.4. The van der Waals surface area contributed by atoms with Gasteiger partial charge in [-0.25, -0.2) is 4.39 Å². The molecule has 0 saturated heterocycles. The van der Waals surface area contributed by atoms with Gasteiger partial charge in [0.25, 0.3) is 5.91 Å². The van der Waals surface area contributed by atoms with E-state index in [0.29, 0.717) is 12.1 Å². The van der Waals surface area contributed by atoms with Crippen molar-refractivity contribution in [1.29, 1.82) is 0 Å². The maximum Gasteiger partial charge on any atom is 0.253 e. The first-order valence-electron chi connectivity index (χ1n) is 10.3. The number of carbonyl (C=O) groups excluding carboxylic acids is 1. The second kappa shape index (κ2) is 9.55. The topological polar surface area (TPSA) is 34.0 Å². The van der Waals surface area contributed by atoms with Crippen LogP contribution in [0.15, 0.2) is 54.6 Å². The lowest BCUT2D eigenvalue weighted by Gasteiger charge is -2.13. The molecule has 2 aromatic carbocycles. The molecule has 1 amide bonds. The van der Waals surface area contributed by atoms with Crippen LogP contribution in [0.25, 0.3) is 16.9 Å². The van der Waals surface area contributed by atoms with Crippen LogP contribution in [0.2, 0.25) is 0 Å². The van der Waals surface area contributed by atoms with Crippen molar-refractivity contribution < 1.29 is 9.18 Å². The van der Waals surface area contributed by atoms with Gasteiger partial charge in [0.2, 0.25) is 0 Å². The molecule has 0 fully saturated rings. The highest BCUT2D eigenvalue weighted by Gasteiger charge is 2.19. The lowest BCUT2D eigenvalue weighted by Crippen LogP contribution is -2.24. The molecule has 29 heavy (non-hydrogen) atoms. The standard InChI is InChI=1S/C25H29FN2O/c1-4-5-6-7-16-27-25(29)23-17-24(20-10-12-21(26)13-11-20)28(19(23)3)22-14-8-18(2)9-15-22/h8-15,17H,4-7,16H2,1-3H3,(H,27,29). The number of carbonyl (C=O) groups is 1. The summed E-state index contributed by atoms with van der Waals surface area (Å²) < 4.78 is 15.5. The van der Waals surface area contributed by atoms with Gasteiger partial charge < -0.3 is 9.88 Å². The van der Waals surface area contributed by atoms with E-state index in [1.54, 1.807) is 12.1 Å². The molecule has 0 saturated carbocycles. The molecule has 0 bridgehead atoms. The summed E-state index contributed by atoms with van der Waals surface area (Å²) in [4.78, 5) is 12.9. The van der Waals surface area contributed by atoms with Gasteiger partial charge in [-0.2, -0.15) is 0 Å². The van der Waals surface area contributed by atoms with Crippen LogP contribution < -0.4 is 5.32 Å². The van der Waals surface area contributed by atoms with Gasteiger partial charge in [0.1, 0.15) is 5.82 Å². The SMILES string of the molecule is CCCCCCNC(=O)c1cc(-c2ccc(F)cc2)n(-c2ccc(C)cc2)c1C. The summed E-state index contributed by atoms with van der Waals surface area (Å²) in [6.45, 7) is 6.86. The number of nitrogens with zero attached hydrogens (tertiary/aromatic N) is 1. The Kier molecular flexibility index (Phi) is 6.86. The van der Waals surface area contributed by atoms with Gasteiger partial charge in [0.15, 0.2) is 0 Å². The highest BCUT2D eigenvalue weighted by Crippen LogP contribution is 2.30. The predicted molar refractivity (Wildman–Crippen MR) is 117 cm³/mol. The highest BCUT2D eigenvalue weighted by molar-refractivity contribution is 5.97. The molecular formula is C25H29FN2O. The summed E-state index contributed by atoms with van der Waals surface area (Å²) in [7, 11) is 0. The quantitative estimate of drug-likeness (QED) is 0.454. The molecule has 4 heteroatoms. The number of amides is 1. The Morgan fingerprint density at radius 3 is 2.31 bits per heavy atom. The average molecular weight is 393 g/mol. The summed E-state index contributed by atoms with van der Waals surface area (Å²) in [6, 6.07) is 16.5. The molecule has 3 aromatic rings. The van der Waals surface area contributed by atoms with Crippen molar-refractivity contribution in [2.45, 2.75) is 46.5 Å². The van der Waals surface area contributed by atoms with Crippen molar-refractivity contribution in [2.24, 2.45) is 0 Å². The fourth-order valence-electron chi connectivity index (χ4n) is 3.55. The van der Waals surface area contributed by atoms with Crippen molar-refractivity contribution in [1.82, 2.24) is 9.88 Å². The van der Waals surface area contributed by atoms with Gasteiger partial charge in [0, 0.05) is 17.9 Å². The van der Waals surface area contributed by atoms with Gasteiger partial charge >= 0.3 is 0 Å². The number of hydrogen-bond acceptors (Lipinski definition) is 1. The van der Waals surface area contributed by atoms with Crippen LogP contribution in [0.4, 0.5) is 4.39 Å². The maximum absolute atomic E-state index is 13.4. The van der Waals surface area contributed by atoms with E-state index in [2.05, 4.69) is 28.9 Å². The first-order chi connectivity index (χ1) is 14.0. The normalized spacial score (nSPS) is 10.9. The molecule has 3 rings (SSSR count). The van der Waals surface area contributed by atoms with Crippen molar-refractivity contribution in [3.63, 3.8) is 0 Å². The number of aromatic nitrogens is 1. The van der Waals surface area contributed by atoms with E-state index in [1.807, 2.05) is 32.0 Å². The summed E-state index contributed by atoms with van der Waals surface area (Å²) in [6.07, 6.45) is 4.48. The summed E-state index contributed by atoms with van der Waals surface area (Å²) in [5, 5.41) is 3.05. The molecule has 0 spiro atoms. The molecule has 1 N–H and O–H groups in total. The zero-order valence-electron chi connectivity index (χ0n) is 17.5. The van der Waals surface area contributed by atoms with Crippen molar-refractivity contribution in [3.05, 3.63) is 77.2 Å². The summed E-state index contributed by atoms with van der Waals surface area (Å²) >= 11 is 0. The number of aryl methyl sites for hydroxylation is 1. The molecule has 0 aliphatic heterocycles. The lowest BCUT2D eigenvalue weighted by molar-refractivity contribution is 0.0952. The third-order valence-corrected chi connectivity index (χ3v) is 5.24. The minimum absolute atomic E-state index is 0.0618. The molecule has 0 atom stereocenters. The first-order valence-corrected chi connectivity index (χ1v) is 10.3. The monoisotopic (exact) mass is 392 g/mol. The highest BCUT2D eigenvalue weighted by atomic mass is 19.1. The fraction of sp³-hybridized carbons (Fsp3) is 0.320. The van der Waals surface area contributed by atoms with Gasteiger partial charge in [0.05, 0.1) is 11.3 Å². The van der Waals surface area contributed by atoms with E-state index >= 15 is 0 Å². The number of benzene rings is 2. The number of hydrogen-bond donors (Lipinski definition) is 1. The van der Waals surface area contributed by atoms with E-state index in [4.69, 9.17) is 0 Å². The molecule has 1 aromatic heterocycles. The molecule has 3 nitrogen and oxygen atoms in total. The van der Waals surface area contributed by atoms with Crippen molar-refractivity contribution in [3.8, 4) is 16.9 Å². The van der Waals surface area contributed by atoms with E-state index in [9.17, 15) is 9.18 Å². The van der Waals surface area contributed by atoms with Crippen LogP contribution in [0.5, 0.6) is 0 Å². The Balaban J connectivity index is 1.96. The van der Waals surface area contributed by atoms with E-state index < -0.39 is 0 Å². The second-order valence-electron chi connectivity index (χ2n) is 7.52. The van der Waals surface area contributed by atoms with Gasteiger partial charge in [-0.05, 0) is 68.3 Å². The Morgan fingerprint density at radius 1 is 0.966 bits per heavy atom. The largest absolute Gasteiger partial charge is 0.352 e. The third-order valence-electron chi connectivity index (χ3n) is 5.24. The van der Waals surface area contributed by atoms with Crippen LogP contribution in [0.3, 0.4) is 0 Å². The number of unbranched alkanes of at least 4 members (excludes halogenated alkanes) is 3. The molecule has 0 aliphatic rings. The number of rotatable bonds is 8. The molecule has 0 aliphatic carbocycles. The minimum Gasteiger partial charge on any atom is -0.352 e. The number of halogens is 1. The molecular weight excluding hydrogens is 363 g/mol. The van der Waals surface area contributed by atoms with E-state index in [-0.39, 0.29) is 11.7 Å². The lowest BCUT2D eigenvalue weighted by atomic mass is 10.1. The van der Waals surface area contributed by atoms with Crippen LogP contribution in [0.1, 0.15) is 54.2 Å². The van der Waals surface area contributed by atoms with Crippen LogP contribution in [-0.2, 0) is 0 Å². The van der Waals surface area contributed by atoms with Crippen LogP contribution >= 0.6 is 0 Å². The average Bonchev–Trinajstić information content (AvgIpc) is 3.06. The van der Waals surface area contributed by atoms with E-state index in [0.717, 1.165) is 35.5 Å². The molecule has 1 heterocycles. The molecule has 0 radical (unpaired) electrons. The Labute approximate surface area is 172 Å². The Morgan fingerprint density at radius 2 is 1.66 bits per heavy atom. The van der Waals surface area contributed by atoms with Crippen LogP contribution in [-0.4, -0.2) is 17.0 Å². The fourth-order valence-corrected chi connectivity index (χ4v) is 3.55. The van der Waals surface area contributed by atoms with Gasteiger partial charge in [-0.1, -0.05) is 43.9 Å². The smallest absolute Gasteiger partial charge is 0.253 e. The third kappa shape index (κ3) is 4.94. The zero-order chi connectivity index (χ0) is 20.8. The van der Waals surface area contributed by atoms with Crippen LogP contribution in [0, 0.1) is 19.7 Å². The minimum atomic E-state index is -0.274. The molecule has 152 valence electrons. The van der Waals surface area contributed by atoms with Gasteiger partial charge in [-0.15, -0.1) is 0 Å². The summed E-state index contributed by atoms with van der Waals surface area (Å²) in [5.74, 6) is -0.336. The first kappa shape index (κ1) is 20.8. The predicted octanol–water partition coefficient (Wildman–Crippen LogP) is 6.21. The van der Waals surface area contributed by atoms with E-state index in [1.165, 1.54) is 30.5 Å². The van der Waals surface area contributed by atoms with Gasteiger partial charge in [-0.3, -0.25) is 4.79 Å². The Bertz CT molecular complexity index is 956. The summed E-state index contributed by atoms with van der Waals surface area (Å²) in [5.41, 5.74) is 5.43. The Hall–Kier alpha value is -2.88. The second-order valence-corrected chi connectivity index (χ2v) is 7.52. The zero-order valence-corrected chi connectivity index (χ0v) is 17.5. The number of nitrogens with one attached hydrogen (secondary N) is 1. The van der Waals surface area contributed by atoms with Crippen molar-refractivity contribution in [2.75, 3.05) is 6.54 Å². The molecule has 0 unspecified atom stereocenters.